The van der Waals surface area contributed by atoms with E-state index in [9.17, 15) is 8.42 Å². The van der Waals surface area contributed by atoms with Crippen molar-refractivity contribution in [2.75, 3.05) is 45.6 Å². The van der Waals surface area contributed by atoms with Crippen LogP contribution in [0.5, 0.6) is 0 Å². The Kier molecular flexibility index (Phi) is 4.78. The van der Waals surface area contributed by atoms with Gasteiger partial charge in [0.1, 0.15) is 5.82 Å². The lowest BCUT2D eigenvalue weighted by molar-refractivity contribution is 0.0159. The van der Waals surface area contributed by atoms with Gasteiger partial charge in [-0.25, -0.2) is 13.4 Å². The first-order valence-corrected chi connectivity index (χ1v) is 9.94. The molecule has 2 aliphatic heterocycles. The number of hydrogen-bond donors (Lipinski definition) is 0. The van der Waals surface area contributed by atoms with Crippen molar-refractivity contribution < 1.29 is 13.2 Å². The highest BCUT2D eigenvalue weighted by atomic mass is 32.2. The van der Waals surface area contributed by atoms with Crippen LogP contribution in [0.25, 0.3) is 0 Å². The van der Waals surface area contributed by atoms with Gasteiger partial charge in [0.05, 0.1) is 26.0 Å². The molecular weight excluding hydrogens is 316 g/mol. The van der Waals surface area contributed by atoms with Crippen molar-refractivity contribution in [3.8, 4) is 0 Å². The van der Waals surface area contributed by atoms with E-state index in [4.69, 9.17) is 4.74 Å². The predicted molar refractivity (Wildman–Crippen MR) is 87.4 cm³/mol. The molecule has 0 atom stereocenters. The van der Waals surface area contributed by atoms with Gasteiger partial charge in [0.25, 0.3) is 0 Å². The first-order valence-electron chi connectivity index (χ1n) is 8.09. The van der Waals surface area contributed by atoms with Crippen LogP contribution in [-0.2, 0) is 28.4 Å². The quantitative estimate of drug-likeness (QED) is 0.790. The minimum absolute atomic E-state index is 0.0439. The van der Waals surface area contributed by atoms with Crippen LogP contribution in [0, 0.1) is 5.41 Å². The van der Waals surface area contributed by atoms with Crippen LogP contribution >= 0.6 is 0 Å². The van der Waals surface area contributed by atoms with Crippen LogP contribution in [0.1, 0.15) is 18.7 Å². The fraction of sp³-hybridized carbons (Fsp3) is 0.800. The third-order valence-electron chi connectivity index (χ3n) is 5.08. The Morgan fingerprint density at radius 3 is 2.65 bits per heavy atom. The number of aryl methyl sites for hydroxylation is 1. The maximum atomic E-state index is 11.9. The van der Waals surface area contributed by atoms with Crippen molar-refractivity contribution >= 4 is 10.0 Å². The molecule has 0 amide bonds. The Balaban J connectivity index is 1.63. The number of nitrogens with zero attached hydrogens (tertiary/aromatic N) is 4. The summed E-state index contributed by atoms with van der Waals surface area (Å²) in [7, 11) is -1.15. The molecule has 2 saturated heterocycles. The normalized spacial score (nSPS) is 23.9. The predicted octanol–water partition coefficient (Wildman–Crippen LogP) is 0.294. The lowest BCUT2D eigenvalue weighted by Gasteiger charge is -2.42. The van der Waals surface area contributed by atoms with Crippen molar-refractivity contribution in [3.05, 3.63) is 18.2 Å². The minimum Gasteiger partial charge on any atom is -0.379 e. The van der Waals surface area contributed by atoms with Crippen molar-refractivity contribution in [2.24, 2.45) is 12.5 Å². The fourth-order valence-corrected chi connectivity index (χ4v) is 4.39. The standard InChI is InChI=1S/C15H26N4O3S/c1-17-8-5-16-14(17)11-18-6-3-15(4-7-18)12-19(23(2,20)21)9-10-22-13-15/h5,8H,3-4,6-7,9-13H2,1-2H3. The van der Waals surface area contributed by atoms with Crippen molar-refractivity contribution in [2.45, 2.75) is 19.4 Å². The number of likely N-dealkylation sites (tertiary alicyclic amines) is 1. The summed E-state index contributed by atoms with van der Waals surface area (Å²) in [6.07, 6.45) is 7.00. The summed E-state index contributed by atoms with van der Waals surface area (Å²) >= 11 is 0. The van der Waals surface area contributed by atoms with Crippen LogP contribution in [0.2, 0.25) is 0 Å². The van der Waals surface area contributed by atoms with Gasteiger partial charge in [-0.1, -0.05) is 0 Å². The maximum Gasteiger partial charge on any atom is 0.211 e. The zero-order valence-electron chi connectivity index (χ0n) is 13.9. The summed E-state index contributed by atoms with van der Waals surface area (Å²) in [5, 5.41) is 0. The SMILES string of the molecule is Cn1ccnc1CN1CCC2(CC1)COCCN(S(C)(=O)=O)C2. The average molecular weight is 342 g/mol. The second-order valence-electron chi connectivity index (χ2n) is 6.88. The number of rotatable bonds is 3. The Bertz CT molecular complexity index is 635. The molecule has 7 nitrogen and oxygen atoms in total. The molecule has 0 aromatic carbocycles. The van der Waals surface area contributed by atoms with Gasteiger partial charge in [0, 0.05) is 37.9 Å². The Morgan fingerprint density at radius 1 is 1.30 bits per heavy atom. The maximum absolute atomic E-state index is 11.9. The van der Waals surface area contributed by atoms with Crippen molar-refractivity contribution in [1.29, 1.82) is 0 Å². The van der Waals surface area contributed by atoms with Gasteiger partial charge in [-0.3, -0.25) is 4.90 Å². The van der Waals surface area contributed by atoms with E-state index in [1.165, 1.54) is 6.26 Å². The number of hydrogen-bond acceptors (Lipinski definition) is 5. The molecule has 3 rings (SSSR count). The summed E-state index contributed by atoms with van der Waals surface area (Å²) in [6.45, 7) is 4.96. The molecule has 2 fully saturated rings. The van der Waals surface area contributed by atoms with E-state index in [0.717, 1.165) is 38.3 Å². The van der Waals surface area contributed by atoms with E-state index >= 15 is 0 Å². The first kappa shape index (κ1) is 16.9. The lowest BCUT2D eigenvalue weighted by Crippen LogP contribution is -2.48. The molecule has 1 aromatic rings. The highest BCUT2D eigenvalue weighted by Gasteiger charge is 2.40. The van der Waals surface area contributed by atoms with E-state index in [2.05, 4.69) is 9.88 Å². The highest BCUT2D eigenvalue weighted by molar-refractivity contribution is 7.88. The largest absolute Gasteiger partial charge is 0.379 e. The summed E-state index contributed by atoms with van der Waals surface area (Å²) < 4.78 is 33.2. The minimum atomic E-state index is -3.16. The second-order valence-corrected chi connectivity index (χ2v) is 8.86. The van der Waals surface area contributed by atoms with Gasteiger partial charge in [-0.05, 0) is 25.9 Å². The van der Waals surface area contributed by atoms with Crippen molar-refractivity contribution in [1.82, 2.24) is 18.8 Å². The van der Waals surface area contributed by atoms with E-state index in [0.29, 0.717) is 26.3 Å². The molecular formula is C15H26N4O3S. The van der Waals surface area contributed by atoms with Crippen LogP contribution < -0.4 is 0 Å². The number of imidazole rings is 1. The molecule has 2 aliphatic rings. The molecule has 0 unspecified atom stereocenters. The zero-order valence-corrected chi connectivity index (χ0v) is 14.8. The molecule has 3 heterocycles. The Morgan fingerprint density at radius 2 is 2.04 bits per heavy atom. The Labute approximate surface area is 138 Å². The van der Waals surface area contributed by atoms with Crippen LogP contribution in [0.15, 0.2) is 12.4 Å². The van der Waals surface area contributed by atoms with Gasteiger partial charge < -0.3 is 9.30 Å². The second kappa shape index (κ2) is 6.51. The van der Waals surface area contributed by atoms with Gasteiger partial charge in [-0.15, -0.1) is 0 Å². The van der Waals surface area contributed by atoms with Gasteiger partial charge in [0.15, 0.2) is 0 Å². The van der Waals surface area contributed by atoms with E-state index in [1.54, 1.807) is 4.31 Å². The molecule has 8 heteroatoms. The number of piperidine rings is 1. The van der Waals surface area contributed by atoms with Gasteiger partial charge >= 0.3 is 0 Å². The molecule has 1 spiro atoms. The summed E-state index contributed by atoms with van der Waals surface area (Å²) in [5.41, 5.74) is -0.0439. The zero-order chi connectivity index (χ0) is 16.5. The smallest absolute Gasteiger partial charge is 0.211 e. The van der Waals surface area contributed by atoms with Crippen LogP contribution in [0.3, 0.4) is 0 Å². The summed E-state index contributed by atoms with van der Waals surface area (Å²) in [5.74, 6) is 1.07. The molecule has 0 aliphatic carbocycles. The molecule has 0 N–H and O–H groups in total. The average Bonchev–Trinajstić information content (AvgIpc) is 2.77. The molecule has 0 bridgehead atoms. The monoisotopic (exact) mass is 342 g/mol. The molecule has 23 heavy (non-hydrogen) atoms. The third kappa shape index (κ3) is 3.93. The summed E-state index contributed by atoms with van der Waals surface area (Å²) in [4.78, 5) is 6.77. The number of sulfonamides is 1. The third-order valence-corrected chi connectivity index (χ3v) is 6.33. The molecule has 0 radical (unpaired) electrons. The van der Waals surface area contributed by atoms with Crippen LogP contribution in [-0.4, -0.2) is 72.8 Å². The van der Waals surface area contributed by atoms with Gasteiger partial charge in [-0.2, -0.15) is 4.31 Å². The summed E-state index contributed by atoms with van der Waals surface area (Å²) in [6, 6.07) is 0. The number of aromatic nitrogens is 2. The first-order chi connectivity index (χ1) is 10.9. The Hall–Kier alpha value is -0.960. The lowest BCUT2D eigenvalue weighted by atomic mass is 9.79. The highest BCUT2D eigenvalue weighted by Crippen LogP contribution is 2.35. The molecule has 0 saturated carbocycles. The molecule has 1 aromatic heterocycles. The van der Waals surface area contributed by atoms with Gasteiger partial charge in [0.2, 0.25) is 10.0 Å². The number of ether oxygens (including phenoxy) is 1. The van der Waals surface area contributed by atoms with Crippen LogP contribution in [0.4, 0.5) is 0 Å². The van der Waals surface area contributed by atoms with Crippen molar-refractivity contribution in [3.63, 3.8) is 0 Å². The molecule has 130 valence electrons. The topological polar surface area (TPSA) is 67.7 Å². The van der Waals surface area contributed by atoms with E-state index in [-0.39, 0.29) is 5.41 Å². The van der Waals surface area contributed by atoms with E-state index in [1.807, 2.05) is 24.0 Å². The van der Waals surface area contributed by atoms with E-state index < -0.39 is 10.0 Å². The fourth-order valence-electron chi connectivity index (χ4n) is 3.47.